The van der Waals surface area contributed by atoms with Crippen LogP contribution in [0.1, 0.15) is 40.5 Å². The van der Waals surface area contributed by atoms with E-state index < -0.39 is 0 Å². The molecule has 1 atom stereocenters. The maximum absolute atomic E-state index is 5.75. The van der Waals surface area contributed by atoms with Crippen LogP contribution in [-0.2, 0) is 4.74 Å². The number of hydrogen-bond donors (Lipinski definition) is 3. The molecule has 0 saturated carbocycles. The topological polar surface area (TPSA) is 59.3 Å². The van der Waals surface area contributed by atoms with Crippen LogP contribution in [0.15, 0.2) is 0 Å². The molecule has 0 spiro atoms. The molecule has 0 amide bonds. The number of nitrogens with one attached hydrogen (secondary N) is 2. The van der Waals surface area contributed by atoms with Crippen molar-refractivity contribution in [1.29, 1.82) is 0 Å². The summed E-state index contributed by atoms with van der Waals surface area (Å²) in [4.78, 5) is 0. The first-order chi connectivity index (χ1) is 7.99. The van der Waals surface area contributed by atoms with E-state index in [1.165, 1.54) is 0 Å². The molecule has 0 aromatic heterocycles. The van der Waals surface area contributed by atoms with Crippen molar-refractivity contribution in [3.63, 3.8) is 0 Å². The van der Waals surface area contributed by atoms with Crippen LogP contribution in [0.3, 0.4) is 0 Å². The van der Waals surface area contributed by atoms with E-state index >= 15 is 0 Å². The number of hydrogen-bond acceptors (Lipinski definition) is 4. The highest BCUT2D eigenvalue weighted by molar-refractivity contribution is 4.70. The molecule has 4 heteroatoms. The van der Waals surface area contributed by atoms with Crippen molar-refractivity contribution in [1.82, 2.24) is 10.6 Å². The lowest BCUT2D eigenvalue weighted by atomic mass is 10.1. The van der Waals surface area contributed by atoms with Gasteiger partial charge in [0.25, 0.3) is 0 Å². The van der Waals surface area contributed by atoms with Crippen molar-refractivity contribution in [2.24, 2.45) is 5.73 Å². The van der Waals surface area contributed by atoms with E-state index in [4.69, 9.17) is 10.5 Å². The van der Waals surface area contributed by atoms with E-state index in [0.29, 0.717) is 6.04 Å². The Morgan fingerprint density at radius 1 is 1.29 bits per heavy atom. The summed E-state index contributed by atoms with van der Waals surface area (Å²) >= 11 is 0. The largest absolute Gasteiger partial charge is 0.376 e. The highest BCUT2D eigenvalue weighted by Gasteiger charge is 2.12. The zero-order chi connectivity index (χ0) is 13.1. The predicted molar refractivity (Wildman–Crippen MR) is 74.3 cm³/mol. The molecule has 0 aromatic carbocycles. The van der Waals surface area contributed by atoms with Crippen molar-refractivity contribution < 1.29 is 4.74 Å². The second-order valence-corrected chi connectivity index (χ2v) is 5.35. The summed E-state index contributed by atoms with van der Waals surface area (Å²) in [7, 11) is 0. The second-order valence-electron chi connectivity index (χ2n) is 5.35. The fourth-order valence-corrected chi connectivity index (χ4v) is 1.58. The van der Waals surface area contributed by atoms with E-state index in [-0.39, 0.29) is 5.60 Å². The van der Waals surface area contributed by atoms with Gasteiger partial charge in [-0.1, -0.05) is 6.92 Å². The third-order valence-corrected chi connectivity index (χ3v) is 2.44. The molecule has 0 fully saturated rings. The molecular weight excluding hydrogens is 214 g/mol. The van der Waals surface area contributed by atoms with Gasteiger partial charge in [-0.25, -0.2) is 0 Å². The molecule has 0 radical (unpaired) electrons. The SMILES string of the molecule is CCN[C@@H](CCOC(C)(C)C)CNCCCN. The minimum absolute atomic E-state index is 0.0380. The van der Waals surface area contributed by atoms with Crippen LogP contribution in [-0.4, -0.2) is 44.4 Å². The van der Waals surface area contributed by atoms with E-state index in [1.807, 2.05) is 0 Å². The Kier molecular flexibility index (Phi) is 9.74. The Labute approximate surface area is 107 Å². The predicted octanol–water partition coefficient (Wildman–Crippen LogP) is 1.11. The fourth-order valence-electron chi connectivity index (χ4n) is 1.58. The fraction of sp³-hybridized carbons (Fsp3) is 1.00. The monoisotopic (exact) mass is 245 g/mol. The van der Waals surface area contributed by atoms with Crippen LogP contribution >= 0.6 is 0 Å². The van der Waals surface area contributed by atoms with Gasteiger partial charge in [0.15, 0.2) is 0 Å². The third-order valence-electron chi connectivity index (χ3n) is 2.44. The Morgan fingerprint density at radius 2 is 2.00 bits per heavy atom. The summed E-state index contributed by atoms with van der Waals surface area (Å²) in [5.41, 5.74) is 5.42. The molecule has 104 valence electrons. The lowest BCUT2D eigenvalue weighted by molar-refractivity contribution is -0.00706. The first-order valence-electron chi connectivity index (χ1n) is 6.77. The smallest absolute Gasteiger partial charge is 0.0598 e. The lowest BCUT2D eigenvalue weighted by Gasteiger charge is -2.23. The van der Waals surface area contributed by atoms with Crippen LogP contribution in [0.4, 0.5) is 0 Å². The Hall–Kier alpha value is -0.160. The molecule has 4 nitrogen and oxygen atoms in total. The van der Waals surface area contributed by atoms with Crippen molar-refractivity contribution in [3.8, 4) is 0 Å². The van der Waals surface area contributed by atoms with Crippen LogP contribution < -0.4 is 16.4 Å². The second kappa shape index (κ2) is 9.83. The summed E-state index contributed by atoms with van der Waals surface area (Å²) in [5, 5.41) is 6.89. The summed E-state index contributed by atoms with van der Waals surface area (Å²) in [6.45, 7) is 13.0. The van der Waals surface area contributed by atoms with Gasteiger partial charge in [-0.2, -0.15) is 0 Å². The quantitative estimate of drug-likeness (QED) is 0.505. The van der Waals surface area contributed by atoms with Gasteiger partial charge in [-0.05, 0) is 53.2 Å². The molecule has 17 heavy (non-hydrogen) atoms. The first kappa shape index (κ1) is 16.8. The molecule has 0 aromatic rings. The van der Waals surface area contributed by atoms with Crippen LogP contribution in [0.5, 0.6) is 0 Å². The van der Waals surface area contributed by atoms with Gasteiger partial charge in [0.2, 0.25) is 0 Å². The standard InChI is InChI=1S/C13H31N3O/c1-5-16-12(11-15-9-6-8-14)7-10-17-13(2,3)4/h12,15-16H,5-11,14H2,1-4H3/t12-/m0/s1. The van der Waals surface area contributed by atoms with Gasteiger partial charge >= 0.3 is 0 Å². The highest BCUT2D eigenvalue weighted by Crippen LogP contribution is 2.07. The maximum Gasteiger partial charge on any atom is 0.0598 e. The van der Waals surface area contributed by atoms with Crippen molar-refractivity contribution in [2.45, 2.75) is 52.2 Å². The van der Waals surface area contributed by atoms with Crippen LogP contribution in [0, 0.1) is 0 Å². The molecule has 0 aliphatic carbocycles. The van der Waals surface area contributed by atoms with Gasteiger partial charge in [0.05, 0.1) is 5.60 Å². The summed E-state index contributed by atoms with van der Waals surface area (Å²) in [6.07, 6.45) is 2.08. The molecule has 0 aliphatic rings. The molecule has 0 aliphatic heterocycles. The molecule has 0 rings (SSSR count). The summed E-state index contributed by atoms with van der Waals surface area (Å²) in [5.74, 6) is 0. The normalized spacial score (nSPS) is 13.9. The maximum atomic E-state index is 5.75. The Bertz CT molecular complexity index is 169. The average molecular weight is 245 g/mol. The molecule has 0 bridgehead atoms. The Balaban J connectivity index is 3.66. The van der Waals surface area contributed by atoms with Crippen LogP contribution in [0.2, 0.25) is 0 Å². The van der Waals surface area contributed by atoms with Crippen molar-refractivity contribution in [3.05, 3.63) is 0 Å². The van der Waals surface area contributed by atoms with Gasteiger partial charge in [-0.3, -0.25) is 0 Å². The highest BCUT2D eigenvalue weighted by atomic mass is 16.5. The average Bonchev–Trinajstić information content (AvgIpc) is 2.22. The molecular formula is C13H31N3O. The van der Waals surface area contributed by atoms with Crippen molar-refractivity contribution in [2.75, 3.05) is 32.8 Å². The number of ether oxygens (including phenoxy) is 1. The van der Waals surface area contributed by atoms with Gasteiger partial charge in [0.1, 0.15) is 0 Å². The van der Waals surface area contributed by atoms with E-state index in [2.05, 4.69) is 38.3 Å². The minimum atomic E-state index is -0.0380. The lowest BCUT2D eigenvalue weighted by Crippen LogP contribution is -2.40. The zero-order valence-electron chi connectivity index (χ0n) is 12.0. The summed E-state index contributed by atoms with van der Waals surface area (Å²) in [6, 6.07) is 0.486. The van der Waals surface area contributed by atoms with Crippen molar-refractivity contribution >= 4 is 0 Å². The van der Waals surface area contributed by atoms with Gasteiger partial charge < -0.3 is 21.1 Å². The van der Waals surface area contributed by atoms with E-state index in [9.17, 15) is 0 Å². The number of nitrogens with two attached hydrogens (primary N) is 1. The van der Waals surface area contributed by atoms with Gasteiger partial charge in [-0.15, -0.1) is 0 Å². The molecule has 4 N–H and O–H groups in total. The van der Waals surface area contributed by atoms with Gasteiger partial charge in [0, 0.05) is 19.2 Å². The molecule has 0 saturated heterocycles. The zero-order valence-corrected chi connectivity index (χ0v) is 12.0. The van der Waals surface area contributed by atoms with E-state index in [1.54, 1.807) is 0 Å². The first-order valence-corrected chi connectivity index (χ1v) is 6.77. The van der Waals surface area contributed by atoms with E-state index in [0.717, 1.165) is 45.6 Å². The number of rotatable bonds is 10. The Morgan fingerprint density at radius 3 is 2.53 bits per heavy atom. The number of likely N-dealkylation sites (N-methyl/N-ethyl adjacent to an activating group) is 1. The molecule has 0 heterocycles. The minimum Gasteiger partial charge on any atom is -0.376 e. The van der Waals surface area contributed by atoms with Crippen LogP contribution in [0.25, 0.3) is 0 Å². The summed E-state index contributed by atoms with van der Waals surface area (Å²) < 4.78 is 5.75. The molecule has 0 unspecified atom stereocenters. The third kappa shape index (κ3) is 12.1.